The van der Waals surface area contributed by atoms with Crippen LogP contribution in [0.2, 0.25) is 5.02 Å². The molecule has 1 unspecified atom stereocenters. The number of amides is 1. The number of methoxy groups -OCH3 is 1. The molecule has 0 aliphatic heterocycles. The fourth-order valence-corrected chi connectivity index (χ4v) is 3.77. The number of ether oxygens (including phenoxy) is 1. The number of nitrogens with zero attached hydrogens (tertiary/aromatic N) is 3. The van der Waals surface area contributed by atoms with Crippen molar-refractivity contribution in [1.82, 2.24) is 20.1 Å². The van der Waals surface area contributed by atoms with Gasteiger partial charge in [-0.2, -0.15) is 0 Å². The SMILES string of the molecule is COc1ccc(-n2c(SCC(=O)NC(C)C(C)C)nnc2-c2ccccc2)cc1Cl. The maximum absolute atomic E-state index is 12.4. The standard InChI is InChI=1S/C22H25ClN4O2S/c1-14(2)15(3)24-20(28)13-30-22-26-25-21(16-8-6-5-7-9-16)27(22)17-10-11-19(29-4)18(23)12-17/h5-12,14-15H,13H2,1-4H3,(H,24,28). The van der Waals surface area contributed by atoms with E-state index < -0.39 is 0 Å². The molecule has 3 aromatic rings. The van der Waals surface area contributed by atoms with Crippen LogP contribution >= 0.6 is 23.4 Å². The van der Waals surface area contributed by atoms with Crippen LogP contribution in [-0.4, -0.2) is 39.6 Å². The van der Waals surface area contributed by atoms with Gasteiger partial charge in [0, 0.05) is 11.6 Å². The second kappa shape index (κ2) is 10.00. The minimum absolute atomic E-state index is 0.0372. The summed E-state index contributed by atoms with van der Waals surface area (Å²) in [4.78, 5) is 12.4. The van der Waals surface area contributed by atoms with Crippen LogP contribution in [0.4, 0.5) is 0 Å². The van der Waals surface area contributed by atoms with Crippen molar-refractivity contribution in [3.05, 3.63) is 53.6 Å². The van der Waals surface area contributed by atoms with E-state index in [2.05, 4.69) is 29.4 Å². The molecule has 30 heavy (non-hydrogen) atoms. The molecule has 1 atom stereocenters. The first kappa shape index (κ1) is 22.2. The number of thioether (sulfide) groups is 1. The Balaban J connectivity index is 1.93. The smallest absolute Gasteiger partial charge is 0.230 e. The monoisotopic (exact) mass is 444 g/mol. The summed E-state index contributed by atoms with van der Waals surface area (Å²) in [6, 6.07) is 15.4. The summed E-state index contributed by atoms with van der Waals surface area (Å²) in [5, 5.41) is 12.9. The fourth-order valence-electron chi connectivity index (χ4n) is 2.76. The minimum atomic E-state index is -0.0372. The Morgan fingerprint density at radius 3 is 2.53 bits per heavy atom. The number of carbonyl (C=O) groups is 1. The molecular weight excluding hydrogens is 420 g/mol. The van der Waals surface area contributed by atoms with Crippen LogP contribution < -0.4 is 10.1 Å². The molecule has 1 amide bonds. The van der Waals surface area contributed by atoms with Crippen molar-refractivity contribution in [1.29, 1.82) is 0 Å². The molecule has 0 saturated carbocycles. The first-order valence-corrected chi connectivity index (χ1v) is 11.0. The van der Waals surface area contributed by atoms with E-state index in [4.69, 9.17) is 16.3 Å². The Morgan fingerprint density at radius 2 is 1.90 bits per heavy atom. The zero-order valence-electron chi connectivity index (χ0n) is 17.4. The number of benzene rings is 2. The number of carbonyl (C=O) groups excluding carboxylic acids is 1. The third kappa shape index (κ3) is 5.15. The molecule has 3 rings (SSSR count). The lowest BCUT2D eigenvalue weighted by atomic mass is 10.1. The van der Waals surface area contributed by atoms with Gasteiger partial charge in [0.1, 0.15) is 5.75 Å². The van der Waals surface area contributed by atoms with Crippen molar-refractivity contribution < 1.29 is 9.53 Å². The molecule has 158 valence electrons. The first-order chi connectivity index (χ1) is 14.4. The molecule has 0 radical (unpaired) electrons. The van der Waals surface area contributed by atoms with Crippen molar-refractivity contribution in [2.45, 2.75) is 32.0 Å². The summed E-state index contributed by atoms with van der Waals surface area (Å²) in [6.45, 7) is 6.16. The second-order valence-corrected chi connectivity index (χ2v) is 8.57. The van der Waals surface area contributed by atoms with Gasteiger partial charge >= 0.3 is 0 Å². The summed E-state index contributed by atoms with van der Waals surface area (Å²) in [5.74, 6) is 1.84. The molecule has 0 bridgehead atoms. The average Bonchev–Trinajstić information content (AvgIpc) is 3.16. The normalized spacial score (nSPS) is 12.1. The minimum Gasteiger partial charge on any atom is -0.495 e. The van der Waals surface area contributed by atoms with Crippen LogP contribution in [-0.2, 0) is 4.79 Å². The van der Waals surface area contributed by atoms with Crippen molar-refractivity contribution in [2.75, 3.05) is 12.9 Å². The van der Waals surface area contributed by atoms with Gasteiger partial charge in [-0.3, -0.25) is 9.36 Å². The first-order valence-electron chi connectivity index (χ1n) is 9.67. The van der Waals surface area contributed by atoms with Gasteiger partial charge < -0.3 is 10.1 Å². The van der Waals surface area contributed by atoms with Gasteiger partial charge in [0.05, 0.1) is 23.6 Å². The second-order valence-electron chi connectivity index (χ2n) is 7.22. The Hall–Kier alpha value is -2.51. The highest BCUT2D eigenvalue weighted by atomic mass is 35.5. The highest BCUT2D eigenvalue weighted by Crippen LogP contribution is 2.32. The van der Waals surface area contributed by atoms with Crippen LogP contribution in [0, 0.1) is 5.92 Å². The Kier molecular flexibility index (Phi) is 7.39. The number of rotatable bonds is 8. The number of aromatic nitrogens is 3. The Morgan fingerprint density at radius 1 is 1.17 bits per heavy atom. The van der Waals surface area contributed by atoms with Gasteiger partial charge in [-0.25, -0.2) is 0 Å². The van der Waals surface area contributed by atoms with E-state index in [0.29, 0.717) is 27.7 Å². The lowest BCUT2D eigenvalue weighted by molar-refractivity contribution is -0.119. The number of hydrogen-bond acceptors (Lipinski definition) is 5. The molecule has 1 aromatic heterocycles. The molecule has 2 aromatic carbocycles. The molecule has 1 heterocycles. The highest BCUT2D eigenvalue weighted by molar-refractivity contribution is 7.99. The van der Waals surface area contributed by atoms with Crippen LogP contribution in [0.25, 0.3) is 17.1 Å². The van der Waals surface area contributed by atoms with Crippen molar-refractivity contribution in [3.63, 3.8) is 0 Å². The van der Waals surface area contributed by atoms with Gasteiger partial charge in [-0.15, -0.1) is 10.2 Å². The predicted octanol–water partition coefficient (Wildman–Crippen LogP) is 4.85. The number of halogens is 1. The number of nitrogens with one attached hydrogen (secondary N) is 1. The summed E-state index contributed by atoms with van der Waals surface area (Å²) in [7, 11) is 1.58. The van der Waals surface area contributed by atoms with Gasteiger partial charge in [0.25, 0.3) is 0 Å². The van der Waals surface area contributed by atoms with E-state index in [0.717, 1.165) is 11.3 Å². The van der Waals surface area contributed by atoms with Crippen LogP contribution in [0.5, 0.6) is 5.75 Å². The lowest BCUT2D eigenvalue weighted by Crippen LogP contribution is -2.37. The van der Waals surface area contributed by atoms with Crippen LogP contribution in [0.3, 0.4) is 0 Å². The zero-order chi connectivity index (χ0) is 21.7. The largest absolute Gasteiger partial charge is 0.495 e. The quantitative estimate of drug-likeness (QED) is 0.503. The third-order valence-electron chi connectivity index (χ3n) is 4.78. The molecule has 0 saturated heterocycles. The van der Waals surface area contributed by atoms with E-state index in [1.54, 1.807) is 19.2 Å². The summed E-state index contributed by atoms with van der Waals surface area (Å²) >= 11 is 7.70. The molecule has 1 N–H and O–H groups in total. The lowest BCUT2D eigenvalue weighted by Gasteiger charge is -2.17. The fraction of sp³-hybridized carbons (Fsp3) is 0.318. The van der Waals surface area contributed by atoms with Gasteiger partial charge in [-0.05, 0) is 31.0 Å². The van der Waals surface area contributed by atoms with E-state index in [9.17, 15) is 4.79 Å². The Bertz CT molecular complexity index is 1010. The summed E-state index contributed by atoms with van der Waals surface area (Å²) in [5.41, 5.74) is 1.71. The highest BCUT2D eigenvalue weighted by Gasteiger charge is 2.19. The molecular formula is C22H25ClN4O2S. The topological polar surface area (TPSA) is 69.0 Å². The van der Waals surface area contributed by atoms with Gasteiger partial charge in [-0.1, -0.05) is 67.5 Å². The van der Waals surface area contributed by atoms with Crippen molar-refractivity contribution >= 4 is 29.3 Å². The third-order valence-corrected chi connectivity index (χ3v) is 6.00. The van der Waals surface area contributed by atoms with Crippen LogP contribution in [0.1, 0.15) is 20.8 Å². The number of hydrogen-bond donors (Lipinski definition) is 1. The maximum Gasteiger partial charge on any atom is 0.230 e. The molecule has 8 heteroatoms. The predicted molar refractivity (Wildman–Crippen MR) is 122 cm³/mol. The van der Waals surface area contributed by atoms with Gasteiger partial charge in [0.15, 0.2) is 11.0 Å². The van der Waals surface area contributed by atoms with E-state index >= 15 is 0 Å². The Labute approximate surface area is 186 Å². The molecule has 6 nitrogen and oxygen atoms in total. The summed E-state index contributed by atoms with van der Waals surface area (Å²) < 4.78 is 7.17. The van der Waals surface area contributed by atoms with E-state index in [1.807, 2.05) is 47.9 Å². The molecule has 0 aliphatic rings. The molecule has 0 aliphatic carbocycles. The van der Waals surface area contributed by atoms with Gasteiger partial charge in [0.2, 0.25) is 5.91 Å². The average molecular weight is 445 g/mol. The van der Waals surface area contributed by atoms with Crippen molar-refractivity contribution in [3.8, 4) is 22.8 Å². The summed E-state index contributed by atoms with van der Waals surface area (Å²) in [6.07, 6.45) is 0. The maximum atomic E-state index is 12.4. The van der Waals surface area contributed by atoms with Crippen LogP contribution in [0.15, 0.2) is 53.7 Å². The zero-order valence-corrected chi connectivity index (χ0v) is 19.0. The van der Waals surface area contributed by atoms with Crippen molar-refractivity contribution in [2.24, 2.45) is 5.92 Å². The molecule has 0 spiro atoms. The van der Waals surface area contributed by atoms with E-state index in [1.165, 1.54) is 11.8 Å². The molecule has 0 fully saturated rings. The van der Waals surface area contributed by atoms with E-state index in [-0.39, 0.29) is 17.7 Å².